The first-order valence-electron chi connectivity index (χ1n) is 4.46. The molecule has 0 saturated carbocycles. The molecule has 2 nitrogen and oxygen atoms in total. The molecule has 8 heteroatoms. The highest BCUT2D eigenvalue weighted by molar-refractivity contribution is 8.45. The zero-order valence-corrected chi connectivity index (χ0v) is 9.50. The Morgan fingerprint density at radius 1 is 1.24 bits per heavy atom. The van der Waals surface area contributed by atoms with E-state index in [1.54, 1.807) is 0 Å². The van der Waals surface area contributed by atoms with Crippen LogP contribution < -0.4 is 5.73 Å². The smallest absolute Gasteiger partial charge is 0.312 e. The summed E-state index contributed by atoms with van der Waals surface area (Å²) in [5.74, 6) is 0. The average Bonchev–Trinajstić information content (AvgIpc) is 2.13. The Morgan fingerprint density at radius 3 is 2.12 bits per heavy atom. The molecular weight excluding hydrogens is 263 g/mol. The quantitative estimate of drug-likeness (QED) is 0.642. The number of hydrogen-bond donors (Lipinski definition) is 1. The minimum absolute atomic E-state index is 0.331. The fourth-order valence-corrected chi connectivity index (χ4v) is 2.79. The SMILES string of the molecule is CCc1c(N)ccc(C#N)c1S(F)(F)(F)(F)F. The fraction of sp³-hybridized carbons (Fsp3) is 0.222. The third kappa shape index (κ3) is 2.61. The summed E-state index contributed by atoms with van der Waals surface area (Å²) >= 11 is 0. The van der Waals surface area contributed by atoms with Crippen LogP contribution in [0.2, 0.25) is 0 Å². The number of nitrogens with zero attached hydrogens (tertiary/aromatic N) is 1. The van der Waals surface area contributed by atoms with Gasteiger partial charge in [0.2, 0.25) is 0 Å². The lowest BCUT2D eigenvalue weighted by atomic mass is 10.1. The van der Waals surface area contributed by atoms with Crippen molar-refractivity contribution in [2.24, 2.45) is 0 Å². The van der Waals surface area contributed by atoms with E-state index in [-0.39, 0.29) is 6.42 Å². The zero-order chi connectivity index (χ0) is 13.5. The molecule has 0 aliphatic carbocycles. The fourth-order valence-electron chi connectivity index (χ4n) is 1.54. The summed E-state index contributed by atoms with van der Waals surface area (Å²) < 4.78 is 64.1. The third-order valence-corrected chi connectivity index (χ3v) is 3.39. The van der Waals surface area contributed by atoms with Crippen molar-refractivity contribution in [3.8, 4) is 6.07 Å². The summed E-state index contributed by atoms with van der Waals surface area (Å²) in [6.07, 6.45) is -0.331. The number of nitrogens with two attached hydrogens (primary N) is 1. The average molecular weight is 272 g/mol. The molecule has 0 aliphatic heterocycles. The molecule has 96 valence electrons. The van der Waals surface area contributed by atoms with E-state index in [4.69, 9.17) is 11.0 Å². The summed E-state index contributed by atoms with van der Waals surface area (Å²) in [4.78, 5) is -2.16. The third-order valence-electron chi connectivity index (χ3n) is 2.16. The maximum Gasteiger partial charge on any atom is 0.312 e. The van der Waals surface area contributed by atoms with Gasteiger partial charge in [-0.25, -0.2) is 0 Å². The van der Waals surface area contributed by atoms with Gasteiger partial charge in [0.05, 0.1) is 5.56 Å². The highest BCUT2D eigenvalue weighted by atomic mass is 32.5. The van der Waals surface area contributed by atoms with E-state index in [0.29, 0.717) is 6.07 Å². The molecule has 0 heterocycles. The number of anilines is 1. The predicted molar refractivity (Wildman–Crippen MR) is 56.3 cm³/mol. The normalized spacial score (nSPS) is 15.8. The van der Waals surface area contributed by atoms with Gasteiger partial charge in [-0.1, -0.05) is 26.4 Å². The Kier molecular flexibility index (Phi) is 2.43. The maximum absolute atomic E-state index is 12.8. The summed E-state index contributed by atoms with van der Waals surface area (Å²) in [7, 11) is -9.91. The van der Waals surface area contributed by atoms with Gasteiger partial charge in [0.25, 0.3) is 0 Å². The van der Waals surface area contributed by atoms with Crippen LogP contribution in [0.15, 0.2) is 17.0 Å². The van der Waals surface area contributed by atoms with Crippen molar-refractivity contribution in [1.82, 2.24) is 0 Å². The second-order valence-electron chi connectivity index (χ2n) is 3.44. The molecule has 0 atom stereocenters. The molecule has 0 spiro atoms. The van der Waals surface area contributed by atoms with E-state index in [1.165, 1.54) is 6.92 Å². The molecule has 17 heavy (non-hydrogen) atoms. The number of nitrogen functional groups attached to an aromatic ring is 1. The van der Waals surface area contributed by atoms with Crippen LogP contribution in [-0.2, 0) is 6.42 Å². The van der Waals surface area contributed by atoms with Crippen molar-refractivity contribution in [3.05, 3.63) is 23.3 Å². The van der Waals surface area contributed by atoms with Gasteiger partial charge in [-0.15, -0.1) is 0 Å². The van der Waals surface area contributed by atoms with E-state index in [0.717, 1.165) is 12.1 Å². The molecule has 0 saturated heterocycles. The molecule has 1 aromatic rings. The van der Waals surface area contributed by atoms with Gasteiger partial charge in [0.15, 0.2) is 0 Å². The highest BCUT2D eigenvalue weighted by Gasteiger charge is 2.67. The van der Waals surface area contributed by atoms with Crippen LogP contribution >= 0.6 is 10.2 Å². The summed E-state index contributed by atoms with van der Waals surface area (Å²) in [5.41, 5.74) is 3.02. The molecule has 0 bridgehead atoms. The molecule has 1 rings (SSSR count). The Balaban J connectivity index is 3.88. The maximum atomic E-state index is 12.8. The monoisotopic (exact) mass is 272 g/mol. The van der Waals surface area contributed by atoms with E-state index < -0.39 is 31.9 Å². The van der Waals surface area contributed by atoms with E-state index in [9.17, 15) is 19.4 Å². The molecule has 0 unspecified atom stereocenters. The van der Waals surface area contributed by atoms with Crippen molar-refractivity contribution in [3.63, 3.8) is 0 Å². The Labute approximate surface area is 94.6 Å². The lowest BCUT2D eigenvalue weighted by Gasteiger charge is -2.42. The number of nitriles is 1. The molecule has 0 radical (unpaired) electrons. The van der Waals surface area contributed by atoms with Crippen LogP contribution in [0.4, 0.5) is 25.1 Å². The molecule has 2 N–H and O–H groups in total. The summed E-state index contributed by atoms with van der Waals surface area (Å²) in [6, 6.07) is 2.80. The van der Waals surface area contributed by atoms with E-state index >= 15 is 0 Å². The second-order valence-corrected chi connectivity index (χ2v) is 5.79. The highest BCUT2D eigenvalue weighted by Crippen LogP contribution is 3.02. The lowest BCUT2D eigenvalue weighted by molar-refractivity contribution is 0.362. The largest absolute Gasteiger partial charge is 0.398 e. The number of hydrogen-bond acceptors (Lipinski definition) is 2. The minimum Gasteiger partial charge on any atom is -0.398 e. The van der Waals surface area contributed by atoms with Crippen molar-refractivity contribution in [2.75, 3.05) is 5.73 Å². The van der Waals surface area contributed by atoms with Gasteiger partial charge in [0.1, 0.15) is 11.0 Å². The number of rotatable bonds is 2. The van der Waals surface area contributed by atoms with Gasteiger partial charge >= 0.3 is 10.2 Å². The first-order valence-corrected chi connectivity index (χ1v) is 6.41. The van der Waals surface area contributed by atoms with E-state index in [1.807, 2.05) is 0 Å². The molecule has 1 aromatic carbocycles. The van der Waals surface area contributed by atoms with Gasteiger partial charge < -0.3 is 5.73 Å². The second kappa shape index (κ2) is 3.04. The summed E-state index contributed by atoms with van der Waals surface area (Å²) in [6.45, 7) is 1.26. The lowest BCUT2D eigenvalue weighted by Crippen LogP contribution is -2.13. The Hall–Kier alpha value is -1.49. The topological polar surface area (TPSA) is 49.8 Å². The van der Waals surface area contributed by atoms with Crippen LogP contribution in [0.1, 0.15) is 18.1 Å². The van der Waals surface area contributed by atoms with Gasteiger partial charge in [-0.2, -0.15) is 5.26 Å². The van der Waals surface area contributed by atoms with E-state index in [2.05, 4.69) is 0 Å². The molecular formula is C9H9F5N2S. The van der Waals surface area contributed by atoms with Crippen LogP contribution in [-0.4, -0.2) is 0 Å². The van der Waals surface area contributed by atoms with Crippen molar-refractivity contribution >= 4 is 15.9 Å². The zero-order valence-electron chi connectivity index (χ0n) is 8.68. The standard InChI is InChI=1S/C9H9F5N2S/c1-2-7-8(16)4-3-6(5-15)9(7)17(10,11,12,13)14/h3-4H,2,16H2,1H3. The first kappa shape index (κ1) is 13.6. The van der Waals surface area contributed by atoms with Crippen molar-refractivity contribution in [1.29, 1.82) is 5.26 Å². The first-order chi connectivity index (χ1) is 7.40. The van der Waals surface area contributed by atoms with Crippen LogP contribution in [0.25, 0.3) is 0 Å². The van der Waals surface area contributed by atoms with Crippen molar-refractivity contribution in [2.45, 2.75) is 18.2 Å². The molecule has 0 aromatic heterocycles. The van der Waals surface area contributed by atoms with Crippen molar-refractivity contribution < 1.29 is 19.4 Å². The summed E-state index contributed by atoms with van der Waals surface area (Å²) in [5, 5.41) is 8.52. The predicted octanol–water partition coefficient (Wildman–Crippen LogP) is 4.36. The van der Waals surface area contributed by atoms with Gasteiger partial charge in [-0.3, -0.25) is 0 Å². The number of benzene rings is 1. The van der Waals surface area contributed by atoms with Gasteiger partial charge in [-0.05, 0) is 24.1 Å². The Bertz CT molecular complexity index is 514. The molecule has 0 amide bonds. The van der Waals surface area contributed by atoms with Gasteiger partial charge in [0, 0.05) is 5.69 Å². The molecule has 0 fully saturated rings. The number of halogens is 5. The molecule has 0 aliphatic rings. The van der Waals surface area contributed by atoms with Crippen LogP contribution in [0, 0.1) is 11.3 Å². The van der Waals surface area contributed by atoms with Crippen LogP contribution in [0.3, 0.4) is 0 Å². The van der Waals surface area contributed by atoms with Crippen LogP contribution in [0.5, 0.6) is 0 Å². The minimum atomic E-state index is -9.91. The Morgan fingerprint density at radius 2 is 1.76 bits per heavy atom.